The van der Waals surface area contributed by atoms with Crippen molar-refractivity contribution in [2.24, 2.45) is 7.05 Å². The molecular formula is C23H33N5O5. The van der Waals surface area contributed by atoms with Gasteiger partial charge in [0.2, 0.25) is 5.91 Å². The van der Waals surface area contributed by atoms with E-state index in [-0.39, 0.29) is 13.2 Å². The van der Waals surface area contributed by atoms with E-state index in [4.69, 9.17) is 9.47 Å². The number of hydrogen-bond acceptors (Lipinski definition) is 6. The van der Waals surface area contributed by atoms with E-state index in [2.05, 4.69) is 20.9 Å². The number of alkyl carbamates (subject to hydrolysis) is 1. The highest BCUT2D eigenvalue weighted by Crippen LogP contribution is 2.11. The third-order valence-electron chi connectivity index (χ3n) is 4.36. The third kappa shape index (κ3) is 8.93. The number of benzene rings is 1. The highest BCUT2D eigenvalue weighted by Gasteiger charge is 2.34. The summed E-state index contributed by atoms with van der Waals surface area (Å²) in [5.41, 5.74) is -1.13. The number of amides is 3. The van der Waals surface area contributed by atoms with Crippen molar-refractivity contribution in [2.45, 2.75) is 58.4 Å². The van der Waals surface area contributed by atoms with Gasteiger partial charge >= 0.3 is 6.09 Å². The van der Waals surface area contributed by atoms with Gasteiger partial charge in [0, 0.05) is 13.2 Å². The van der Waals surface area contributed by atoms with Gasteiger partial charge in [0.1, 0.15) is 17.2 Å². The molecule has 0 saturated heterocycles. The van der Waals surface area contributed by atoms with E-state index in [1.807, 2.05) is 30.3 Å². The van der Waals surface area contributed by atoms with Crippen molar-refractivity contribution < 1.29 is 23.9 Å². The Morgan fingerprint density at radius 1 is 1.09 bits per heavy atom. The monoisotopic (exact) mass is 459 g/mol. The molecule has 3 N–H and O–H groups in total. The van der Waals surface area contributed by atoms with Gasteiger partial charge in [0.15, 0.2) is 5.82 Å². The van der Waals surface area contributed by atoms with Crippen LogP contribution in [-0.4, -0.2) is 51.2 Å². The number of nitrogens with zero attached hydrogens (tertiary/aromatic N) is 2. The van der Waals surface area contributed by atoms with Crippen molar-refractivity contribution in [3.8, 4) is 0 Å². The maximum atomic E-state index is 12.9. The second-order valence-corrected chi connectivity index (χ2v) is 9.19. The van der Waals surface area contributed by atoms with Gasteiger partial charge in [-0.05, 0) is 40.2 Å². The summed E-state index contributed by atoms with van der Waals surface area (Å²) in [6.45, 7) is 8.40. The third-order valence-corrected chi connectivity index (χ3v) is 4.36. The summed E-state index contributed by atoms with van der Waals surface area (Å²) in [7, 11) is 1.77. The average molecular weight is 460 g/mol. The lowest BCUT2D eigenvalue weighted by atomic mass is 10.0. The Morgan fingerprint density at radius 3 is 2.33 bits per heavy atom. The minimum Gasteiger partial charge on any atom is -0.444 e. The normalized spacial score (nSPS) is 12.5. The standard InChI is InChI=1S/C23H33N5O5/c1-22(2,3)33-21(31)27-23(4,5)20(30)25-17(14-32-13-16-10-8-7-9-11-16)19(29)26-18-12-28(6)15-24-18/h7-12,15,17H,13-14H2,1-6H3,(H,25,30)(H,26,29)(H,27,31)/t17-/m1/s1. The first-order valence-corrected chi connectivity index (χ1v) is 10.6. The first-order valence-electron chi connectivity index (χ1n) is 10.6. The quantitative estimate of drug-likeness (QED) is 0.529. The van der Waals surface area contributed by atoms with E-state index < -0.39 is 35.1 Å². The van der Waals surface area contributed by atoms with E-state index in [0.717, 1.165) is 5.56 Å². The molecule has 1 aromatic carbocycles. The van der Waals surface area contributed by atoms with Crippen LogP contribution in [0.4, 0.5) is 10.6 Å². The van der Waals surface area contributed by atoms with Crippen LogP contribution in [0.3, 0.4) is 0 Å². The fourth-order valence-corrected chi connectivity index (χ4v) is 2.70. The van der Waals surface area contributed by atoms with Crippen LogP contribution in [-0.2, 0) is 32.7 Å². The SMILES string of the molecule is Cn1cnc(NC(=O)[C@@H](COCc2ccccc2)NC(=O)C(C)(C)NC(=O)OC(C)(C)C)c1. The van der Waals surface area contributed by atoms with Crippen LogP contribution >= 0.6 is 0 Å². The minimum absolute atomic E-state index is 0.0815. The molecule has 3 amide bonds. The number of rotatable bonds is 9. The zero-order valence-electron chi connectivity index (χ0n) is 20.0. The average Bonchev–Trinajstić information content (AvgIpc) is 3.10. The minimum atomic E-state index is -1.34. The smallest absolute Gasteiger partial charge is 0.408 e. The van der Waals surface area contributed by atoms with Crippen LogP contribution in [0, 0.1) is 0 Å². The lowest BCUT2D eigenvalue weighted by molar-refractivity contribution is -0.131. The summed E-state index contributed by atoms with van der Waals surface area (Å²) in [6, 6.07) is 8.44. The number of carbonyl (C=O) groups excluding carboxylic acids is 3. The van der Waals surface area contributed by atoms with Crippen molar-refractivity contribution >= 4 is 23.7 Å². The molecule has 0 radical (unpaired) electrons. The molecule has 0 bridgehead atoms. The van der Waals surface area contributed by atoms with Gasteiger partial charge in [0.25, 0.3) is 5.91 Å². The molecule has 2 aromatic rings. The summed E-state index contributed by atoms with van der Waals surface area (Å²) < 4.78 is 12.6. The Balaban J connectivity index is 2.06. The highest BCUT2D eigenvalue weighted by molar-refractivity contribution is 5.98. The van der Waals surface area contributed by atoms with Crippen LogP contribution in [0.2, 0.25) is 0 Å². The van der Waals surface area contributed by atoms with Crippen LogP contribution < -0.4 is 16.0 Å². The molecule has 0 aliphatic heterocycles. The summed E-state index contributed by atoms with van der Waals surface area (Å²) >= 11 is 0. The van der Waals surface area contributed by atoms with Crippen molar-refractivity contribution in [3.05, 3.63) is 48.4 Å². The van der Waals surface area contributed by atoms with Crippen LogP contribution in [0.5, 0.6) is 0 Å². The van der Waals surface area contributed by atoms with Crippen molar-refractivity contribution in [3.63, 3.8) is 0 Å². The van der Waals surface area contributed by atoms with E-state index in [1.165, 1.54) is 13.8 Å². The Morgan fingerprint density at radius 2 is 1.76 bits per heavy atom. The number of aromatic nitrogens is 2. The zero-order chi connectivity index (χ0) is 24.6. The Kier molecular flexibility index (Phi) is 8.58. The van der Waals surface area contributed by atoms with Crippen molar-refractivity contribution in [1.29, 1.82) is 0 Å². The van der Waals surface area contributed by atoms with Gasteiger partial charge in [-0.3, -0.25) is 9.59 Å². The van der Waals surface area contributed by atoms with Gasteiger partial charge in [-0.25, -0.2) is 9.78 Å². The number of hydrogen-bond donors (Lipinski definition) is 3. The molecule has 0 unspecified atom stereocenters. The number of ether oxygens (including phenoxy) is 2. The number of anilines is 1. The molecule has 10 heteroatoms. The molecule has 0 aliphatic rings. The molecule has 180 valence electrons. The lowest BCUT2D eigenvalue weighted by Gasteiger charge is -2.29. The predicted molar refractivity (Wildman–Crippen MR) is 123 cm³/mol. The maximum Gasteiger partial charge on any atom is 0.408 e. The Bertz CT molecular complexity index is 950. The molecule has 1 aromatic heterocycles. The van der Waals surface area contributed by atoms with E-state index >= 15 is 0 Å². The Labute approximate surface area is 194 Å². The van der Waals surface area contributed by atoms with Crippen molar-refractivity contribution in [2.75, 3.05) is 11.9 Å². The van der Waals surface area contributed by atoms with E-state index in [9.17, 15) is 14.4 Å². The number of nitrogens with one attached hydrogen (secondary N) is 3. The van der Waals surface area contributed by atoms with Crippen LogP contribution in [0.1, 0.15) is 40.2 Å². The second-order valence-electron chi connectivity index (χ2n) is 9.19. The van der Waals surface area contributed by atoms with E-state index in [1.54, 1.807) is 44.9 Å². The second kappa shape index (κ2) is 11.0. The number of aryl methyl sites for hydroxylation is 1. The number of carbonyl (C=O) groups is 3. The van der Waals surface area contributed by atoms with Gasteiger partial charge < -0.3 is 30.0 Å². The topological polar surface area (TPSA) is 124 Å². The molecule has 1 atom stereocenters. The summed E-state index contributed by atoms with van der Waals surface area (Å²) in [5.74, 6) is -0.725. The molecule has 2 rings (SSSR count). The largest absolute Gasteiger partial charge is 0.444 e. The van der Waals surface area contributed by atoms with Gasteiger partial charge in [-0.2, -0.15) is 0 Å². The molecule has 33 heavy (non-hydrogen) atoms. The molecule has 0 aliphatic carbocycles. The zero-order valence-corrected chi connectivity index (χ0v) is 20.0. The molecule has 0 fully saturated rings. The first kappa shape index (κ1) is 25.9. The Hall–Kier alpha value is -3.40. The summed E-state index contributed by atoms with van der Waals surface area (Å²) in [6.07, 6.45) is 2.44. The van der Waals surface area contributed by atoms with Crippen LogP contribution in [0.15, 0.2) is 42.9 Å². The van der Waals surface area contributed by atoms with Gasteiger partial charge in [0.05, 0.1) is 19.5 Å². The fourth-order valence-electron chi connectivity index (χ4n) is 2.70. The molecule has 0 spiro atoms. The molecule has 1 heterocycles. The number of imidazole rings is 1. The lowest BCUT2D eigenvalue weighted by Crippen LogP contribution is -2.59. The van der Waals surface area contributed by atoms with Crippen LogP contribution in [0.25, 0.3) is 0 Å². The first-order chi connectivity index (χ1) is 15.4. The summed E-state index contributed by atoms with van der Waals surface area (Å²) in [5, 5.41) is 7.85. The highest BCUT2D eigenvalue weighted by atomic mass is 16.6. The molecule has 0 saturated carbocycles. The van der Waals surface area contributed by atoms with Gasteiger partial charge in [-0.1, -0.05) is 30.3 Å². The molecule has 10 nitrogen and oxygen atoms in total. The maximum absolute atomic E-state index is 12.9. The predicted octanol–water partition coefficient (Wildman–Crippen LogP) is 2.36. The van der Waals surface area contributed by atoms with E-state index in [0.29, 0.717) is 5.82 Å². The van der Waals surface area contributed by atoms with Crippen molar-refractivity contribution in [1.82, 2.24) is 20.2 Å². The summed E-state index contributed by atoms with van der Waals surface area (Å²) in [4.78, 5) is 42.0. The van der Waals surface area contributed by atoms with Gasteiger partial charge in [-0.15, -0.1) is 0 Å². The fraction of sp³-hybridized carbons (Fsp3) is 0.478. The molecular weight excluding hydrogens is 426 g/mol.